The van der Waals surface area contributed by atoms with Gasteiger partial charge < -0.3 is 4.74 Å². The minimum absolute atomic E-state index is 0.635. The molecule has 0 aliphatic carbocycles. The lowest BCUT2D eigenvalue weighted by molar-refractivity contribution is -0.113. The van der Waals surface area contributed by atoms with Crippen molar-refractivity contribution < 1.29 is 9.53 Å². The van der Waals surface area contributed by atoms with Crippen LogP contribution in [-0.4, -0.2) is 13.0 Å². The van der Waals surface area contributed by atoms with Gasteiger partial charge in [0.25, 0.3) is 0 Å². The lowest BCUT2D eigenvalue weighted by Gasteiger charge is -2.03. The Bertz CT molecular complexity index is 479. The molecule has 16 heavy (non-hydrogen) atoms. The number of methoxy groups -OCH3 is 1. The molecule has 0 aliphatic rings. The average Bonchev–Trinajstić information content (AvgIpc) is 2.28. The van der Waals surface area contributed by atoms with E-state index in [1.165, 1.54) is 6.08 Å². The van der Waals surface area contributed by atoms with Gasteiger partial charge in [0.1, 0.15) is 5.75 Å². The van der Waals surface area contributed by atoms with Gasteiger partial charge in [-0.3, -0.25) is 4.79 Å². The second-order valence-electron chi connectivity index (χ2n) is 2.75. The van der Waals surface area contributed by atoms with Gasteiger partial charge in [-0.15, -0.1) is 0 Å². The third kappa shape index (κ3) is 3.42. The van der Waals surface area contributed by atoms with Gasteiger partial charge in [0.2, 0.25) is 5.91 Å². The third-order valence-corrected chi connectivity index (χ3v) is 2.39. The minimum Gasteiger partial charge on any atom is -0.496 e. The largest absolute Gasteiger partial charge is 0.496 e. The standard InChI is InChI=1S/C10H8BrN3O2/c1-16-9-6-7(2-4-8(9)11)3-5-10(15)13-14-12/h2-6H,1H3/b5-3+. The molecule has 1 aromatic rings. The zero-order valence-corrected chi connectivity index (χ0v) is 10.0. The number of halogens is 1. The molecule has 1 rings (SSSR count). The maximum Gasteiger partial charge on any atom is 0.242 e. The molecule has 1 amide bonds. The van der Waals surface area contributed by atoms with Gasteiger partial charge >= 0.3 is 0 Å². The van der Waals surface area contributed by atoms with Crippen molar-refractivity contribution in [1.82, 2.24) is 0 Å². The van der Waals surface area contributed by atoms with Crippen molar-refractivity contribution >= 4 is 27.9 Å². The van der Waals surface area contributed by atoms with Gasteiger partial charge in [-0.25, -0.2) is 0 Å². The molecule has 0 spiro atoms. The molecule has 0 radical (unpaired) electrons. The molecule has 6 heteroatoms. The third-order valence-electron chi connectivity index (χ3n) is 1.74. The molecule has 0 N–H and O–H groups in total. The van der Waals surface area contributed by atoms with E-state index in [2.05, 4.69) is 26.0 Å². The summed E-state index contributed by atoms with van der Waals surface area (Å²) in [5, 5.41) is 2.91. The number of benzene rings is 1. The molecule has 0 saturated carbocycles. The van der Waals surface area contributed by atoms with E-state index in [1.807, 2.05) is 0 Å². The molecule has 5 nitrogen and oxygen atoms in total. The summed E-state index contributed by atoms with van der Waals surface area (Å²) in [7, 11) is 1.55. The Morgan fingerprint density at radius 1 is 1.62 bits per heavy atom. The van der Waals surface area contributed by atoms with E-state index in [4.69, 9.17) is 10.3 Å². The van der Waals surface area contributed by atoms with Crippen molar-refractivity contribution in [3.05, 3.63) is 44.8 Å². The number of amides is 1. The van der Waals surface area contributed by atoms with Crippen LogP contribution in [0.25, 0.3) is 16.5 Å². The number of hydrogen-bond donors (Lipinski definition) is 0. The molecule has 1 aromatic carbocycles. The Kier molecular flexibility index (Phi) is 4.57. The predicted octanol–water partition coefficient (Wildman–Crippen LogP) is 3.31. The molecule has 0 bridgehead atoms. The van der Waals surface area contributed by atoms with E-state index in [0.717, 1.165) is 10.0 Å². The number of carbonyl (C=O) groups is 1. The predicted molar refractivity (Wildman–Crippen MR) is 63.9 cm³/mol. The lowest BCUT2D eigenvalue weighted by Crippen LogP contribution is -1.86. The Hall–Kier alpha value is -1.78. The first-order valence-electron chi connectivity index (χ1n) is 4.28. The Balaban J connectivity index is 2.90. The molecule has 0 saturated heterocycles. The normalized spacial score (nSPS) is 9.88. The van der Waals surface area contributed by atoms with E-state index in [1.54, 1.807) is 31.4 Å². The van der Waals surface area contributed by atoms with Crippen LogP contribution in [-0.2, 0) is 4.79 Å². The maximum atomic E-state index is 10.9. The fourth-order valence-corrected chi connectivity index (χ4v) is 1.43. The molecule has 0 atom stereocenters. The van der Waals surface area contributed by atoms with Crippen LogP contribution in [0.3, 0.4) is 0 Å². The Labute approximate surface area is 100 Å². The zero-order chi connectivity index (χ0) is 12.0. The van der Waals surface area contributed by atoms with Crippen LogP contribution in [0.4, 0.5) is 0 Å². The highest BCUT2D eigenvalue weighted by Crippen LogP contribution is 2.25. The number of ether oxygens (including phenoxy) is 1. The van der Waals surface area contributed by atoms with Gasteiger partial charge in [-0.1, -0.05) is 12.1 Å². The first kappa shape index (κ1) is 12.3. The Morgan fingerprint density at radius 2 is 2.38 bits per heavy atom. The lowest BCUT2D eigenvalue weighted by atomic mass is 10.2. The summed E-state index contributed by atoms with van der Waals surface area (Å²) >= 11 is 3.31. The molecule has 0 unspecified atom stereocenters. The minimum atomic E-state index is -0.635. The van der Waals surface area contributed by atoms with Crippen LogP contribution >= 0.6 is 15.9 Å². The second-order valence-corrected chi connectivity index (χ2v) is 3.61. The van der Waals surface area contributed by atoms with Crippen molar-refractivity contribution in [2.24, 2.45) is 5.11 Å². The van der Waals surface area contributed by atoms with Gasteiger partial charge in [0, 0.05) is 4.91 Å². The summed E-state index contributed by atoms with van der Waals surface area (Å²) in [4.78, 5) is 13.3. The summed E-state index contributed by atoms with van der Waals surface area (Å²) in [5.41, 5.74) is 8.81. The summed E-state index contributed by atoms with van der Waals surface area (Å²) < 4.78 is 5.92. The number of azide groups is 1. The molecule has 0 aromatic heterocycles. The first-order chi connectivity index (χ1) is 7.67. The molecule has 0 heterocycles. The SMILES string of the molecule is COc1cc(/C=C/C(=O)N=[N+]=[N-])ccc1Br. The van der Waals surface area contributed by atoms with E-state index in [0.29, 0.717) is 5.75 Å². The van der Waals surface area contributed by atoms with Gasteiger partial charge in [-0.05, 0) is 50.3 Å². The highest BCUT2D eigenvalue weighted by molar-refractivity contribution is 9.10. The van der Waals surface area contributed by atoms with Crippen molar-refractivity contribution in [1.29, 1.82) is 0 Å². The van der Waals surface area contributed by atoms with Crippen molar-refractivity contribution in [3.8, 4) is 5.75 Å². The van der Waals surface area contributed by atoms with E-state index in [-0.39, 0.29) is 0 Å². The van der Waals surface area contributed by atoms with E-state index in [9.17, 15) is 4.79 Å². The van der Waals surface area contributed by atoms with Crippen LogP contribution in [0.15, 0.2) is 33.9 Å². The van der Waals surface area contributed by atoms with Crippen LogP contribution < -0.4 is 4.74 Å². The highest BCUT2D eigenvalue weighted by Gasteiger charge is 1.99. The van der Waals surface area contributed by atoms with Gasteiger partial charge in [0.05, 0.1) is 11.6 Å². The maximum absolute atomic E-state index is 10.9. The molecule has 0 fully saturated rings. The van der Waals surface area contributed by atoms with Crippen molar-refractivity contribution in [2.75, 3.05) is 7.11 Å². The summed E-state index contributed by atoms with van der Waals surface area (Å²) in [6, 6.07) is 5.35. The van der Waals surface area contributed by atoms with E-state index < -0.39 is 5.91 Å². The van der Waals surface area contributed by atoms with Gasteiger partial charge in [0.15, 0.2) is 0 Å². The van der Waals surface area contributed by atoms with Crippen molar-refractivity contribution in [2.45, 2.75) is 0 Å². The number of nitrogens with zero attached hydrogens (tertiary/aromatic N) is 3. The number of rotatable bonds is 3. The van der Waals surface area contributed by atoms with Crippen molar-refractivity contribution in [3.63, 3.8) is 0 Å². The summed E-state index contributed by atoms with van der Waals surface area (Å²) in [6.45, 7) is 0. The second kappa shape index (κ2) is 5.95. The fraction of sp³-hybridized carbons (Fsp3) is 0.100. The smallest absolute Gasteiger partial charge is 0.242 e. The quantitative estimate of drug-likeness (QED) is 0.369. The molecular formula is C10H8BrN3O2. The molecule has 82 valence electrons. The molecular weight excluding hydrogens is 274 g/mol. The highest BCUT2D eigenvalue weighted by atomic mass is 79.9. The summed E-state index contributed by atoms with van der Waals surface area (Å²) in [6.07, 6.45) is 2.74. The molecule has 0 aliphatic heterocycles. The van der Waals surface area contributed by atoms with Crippen LogP contribution in [0, 0.1) is 0 Å². The monoisotopic (exact) mass is 281 g/mol. The van der Waals surface area contributed by atoms with Crippen LogP contribution in [0.1, 0.15) is 5.56 Å². The van der Waals surface area contributed by atoms with Crippen LogP contribution in [0.2, 0.25) is 0 Å². The Morgan fingerprint density at radius 3 is 3.00 bits per heavy atom. The average molecular weight is 282 g/mol. The van der Waals surface area contributed by atoms with Crippen LogP contribution in [0.5, 0.6) is 5.75 Å². The van der Waals surface area contributed by atoms with E-state index >= 15 is 0 Å². The fourth-order valence-electron chi connectivity index (χ4n) is 1.02. The summed E-state index contributed by atoms with van der Waals surface area (Å²) in [5.74, 6) is 0.0303. The zero-order valence-electron chi connectivity index (χ0n) is 8.42. The van der Waals surface area contributed by atoms with Gasteiger partial charge in [-0.2, -0.15) is 0 Å². The number of hydrogen-bond acceptors (Lipinski definition) is 2. The first-order valence-corrected chi connectivity index (χ1v) is 5.07. The topological polar surface area (TPSA) is 75.1 Å². The number of carbonyl (C=O) groups excluding carboxylic acids is 1.